The third-order valence-corrected chi connectivity index (χ3v) is 4.27. The van der Waals surface area contributed by atoms with Crippen molar-refractivity contribution in [1.82, 2.24) is 0 Å². The Morgan fingerprint density at radius 3 is 2.23 bits per heavy atom. The van der Waals surface area contributed by atoms with Crippen molar-refractivity contribution in [3.05, 3.63) is 10.4 Å². The summed E-state index contributed by atoms with van der Waals surface area (Å²) in [5.41, 5.74) is 8.93. The molecule has 3 rings (SSSR count). The molecule has 0 aliphatic carbocycles. The van der Waals surface area contributed by atoms with Crippen LogP contribution in [0.3, 0.4) is 0 Å². The van der Waals surface area contributed by atoms with Gasteiger partial charge in [0, 0.05) is 4.91 Å². The molecule has 0 saturated carbocycles. The van der Waals surface area contributed by atoms with Crippen LogP contribution in [0.15, 0.2) is 5.11 Å². The first-order chi connectivity index (χ1) is 12.0. The first-order valence-electron chi connectivity index (χ1n) is 8.64. The molecule has 3 aliphatic rings. The van der Waals surface area contributed by atoms with Crippen LogP contribution in [0.4, 0.5) is 0 Å². The molecule has 3 heterocycles. The number of carbonyl (C=O) groups is 1. The van der Waals surface area contributed by atoms with Crippen LogP contribution in [0.2, 0.25) is 0 Å². The van der Waals surface area contributed by atoms with Crippen LogP contribution >= 0.6 is 0 Å². The largest absolute Gasteiger partial charge is 0.463 e. The lowest BCUT2D eigenvalue weighted by atomic mass is 9.94. The third kappa shape index (κ3) is 3.66. The lowest BCUT2D eigenvalue weighted by Gasteiger charge is -2.39. The van der Waals surface area contributed by atoms with Crippen LogP contribution in [-0.4, -0.2) is 60.4 Å². The van der Waals surface area contributed by atoms with Gasteiger partial charge in [0.05, 0.1) is 6.10 Å². The molecular formula is C16H25N3O7. The van der Waals surface area contributed by atoms with Crippen molar-refractivity contribution in [2.24, 2.45) is 5.11 Å². The first-order valence-corrected chi connectivity index (χ1v) is 8.64. The lowest BCUT2D eigenvalue weighted by Crippen LogP contribution is -2.59. The maximum absolute atomic E-state index is 12.5. The van der Waals surface area contributed by atoms with E-state index in [9.17, 15) is 4.79 Å². The number of carbonyl (C=O) groups excluding carboxylic acids is 1. The molecule has 0 aromatic heterocycles. The van der Waals surface area contributed by atoms with Crippen LogP contribution in [0.25, 0.3) is 10.4 Å². The summed E-state index contributed by atoms with van der Waals surface area (Å²) < 4.78 is 34.8. The molecule has 3 fully saturated rings. The molecule has 0 spiro atoms. The van der Waals surface area contributed by atoms with Gasteiger partial charge in [-0.1, -0.05) is 5.11 Å². The molecule has 0 unspecified atom stereocenters. The Hall–Kier alpha value is -1.42. The van der Waals surface area contributed by atoms with Crippen LogP contribution in [0.5, 0.6) is 0 Å². The predicted molar refractivity (Wildman–Crippen MR) is 86.7 cm³/mol. The monoisotopic (exact) mass is 371 g/mol. The molecule has 10 heteroatoms. The second kappa shape index (κ2) is 6.63. The zero-order valence-electron chi connectivity index (χ0n) is 15.7. The minimum Gasteiger partial charge on any atom is -0.463 e. The fraction of sp³-hybridized carbons (Fsp3) is 0.938. The van der Waals surface area contributed by atoms with Gasteiger partial charge < -0.3 is 28.4 Å². The van der Waals surface area contributed by atoms with E-state index in [0.717, 1.165) is 0 Å². The molecule has 0 bridgehead atoms. The summed E-state index contributed by atoms with van der Waals surface area (Å²) in [5, 5.41) is 3.61. The molecule has 3 aliphatic heterocycles. The first kappa shape index (κ1) is 19.3. The zero-order valence-corrected chi connectivity index (χ0v) is 15.7. The molecule has 0 N–H and O–H groups in total. The molecule has 0 aromatic carbocycles. The fourth-order valence-corrected chi connectivity index (χ4v) is 3.50. The van der Waals surface area contributed by atoms with Gasteiger partial charge in [0.15, 0.2) is 23.9 Å². The highest BCUT2D eigenvalue weighted by Gasteiger charge is 2.62. The van der Waals surface area contributed by atoms with E-state index in [4.69, 9.17) is 34.0 Å². The summed E-state index contributed by atoms with van der Waals surface area (Å²) >= 11 is 0. The van der Waals surface area contributed by atoms with Crippen molar-refractivity contribution in [2.75, 3.05) is 0 Å². The Labute approximate surface area is 151 Å². The van der Waals surface area contributed by atoms with Crippen molar-refractivity contribution < 1.29 is 33.2 Å². The van der Waals surface area contributed by atoms with E-state index in [1.807, 2.05) is 0 Å². The number of ether oxygens (including phenoxy) is 6. The fourth-order valence-electron chi connectivity index (χ4n) is 3.50. The van der Waals surface area contributed by atoms with Crippen LogP contribution < -0.4 is 0 Å². The van der Waals surface area contributed by atoms with E-state index in [1.54, 1.807) is 41.5 Å². The van der Waals surface area contributed by atoms with Crippen LogP contribution in [0.1, 0.15) is 41.5 Å². The number of hydrogen-bond acceptors (Lipinski definition) is 8. The molecule has 0 aromatic rings. The van der Waals surface area contributed by atoms with Crippen LogP contribution in [-0.2, 0) is 33.2 Å². The highest BCUT2D eigenvalue weighted by molar-refractivity contribution is 5.77. The lowest BCUT2D eigenvalue weighted by molar-refractivity contribution is -0.239. The van der Waals surface area contributed by atoms with Gasteiger partial charge in [0.25, 0.3) is 0 Å². The van der Waals surface area contributed by atoms with Crippen molar-refractivity contribution in [2.45, 2.75) is 96.0 Å². The Bertz CT molecular complexity index is 617. The number of rotatable bonds is 4. The predicted octanol–water partition coefficient (Wildman–Crippen LogP) is 2.01. The topological polar surface area (TPSA) is 121 Å². The Morgan fingerprint density at radius 1 is 1.04 bits per heavy atom. The minimum absolute atomic E-state index is 0.367. The molecule has 0 amide bonds. The average Bonchev–Trinajstić information content (AvgIpc) is 2.97. The molecule has 0 radical (unpaired) electrons. The van der Waals surface area contributed by atoms with Crippen molar-refractivity contribution in [3.63, 3.8) is 0 Å². The van der Waals surface area contributed by atoms with Gasteiger partial charge >= 0.3 is 5.97 Å². The van der Waals surface area contributed by atoms with Gasteiger partial charge in [0.1, 0.15) is 24.4 Å². The van der Waals surface area contributed by atoms with Gasteiger partial charge in [-0.15, -0.1) is 0 Å². The van der Waals surface area contributed by atoms with Crippen molar-refractivity contribution in [1.29, 1.82) is 0 Å². The maximum atomic E-state index is 12.5. The molecule has 26 heavy (non-hydrogen) atoms. The van der Waals surface area contributed by atoms with E-state index in [1.165, 1.54) is 0 Å². The molecule has 6 atom stereocenters. The number of azide groups is 1. The Balaban J connectivity index is 1.92. The van der Waals surface area contributed by atoms with Gasteiger partial charge in [-0.05, 0) is 47.1 Å². The highest BCUT2D eigenvalue weighted by atomic mass is 16.9. The highest BCUT2D eigenvalue weighted by Crippen LogP contribution is 2.45. The molecule has 10 nitrogen and oxygen atoms in total. The van der Waals surface area contributed by atoms with Crippen molar-refractivity contribution in [3.8, 4) is 0 Å². The Kier molecular flexibility index (Phi) is 4.93. The molecule has 146 valence electrons. The maximum Gasteiger partial charge on any atom is 0.317 e. The third-order valence-electron chi connectivity index (χ3n) is 4.27. The average molecular weight is 371 g/mol. The number of esters is 1. The summed E-state index contributed by atoms with van der Waals surface area (Å²) in [7, 11) is 0. The quantitative estimate of drug-likeness (QED) is 0.321. The minimum atomic E-state index is -1.24. The SMILES string of the molecule is CC(C)OC(=O)[C@H](N=[N+]=[N-])[C@H]1O[C@@H]2OC(C)(C)O[C@@H]2[C@H]2OC(C)(C)O[C@H]21. The van der Waals surface area contributed by atoms with Crippen LogP contribution in [0, 0.1) is 0 Å². The van der Waals surface area contributed by atoms with Gasteiger partial charge in [-0.3, -0.25) is 4.79 Å². The number of fused-ring (bicyclic) bond motifs is 3. The molecular weight excluding hydrogens is 346 g/mol. The second-order valence-corrected chi connectivity index (χ2v) is 7.77. The van der Waals surface area contributed by atoms with Gasteiger partial charge in [-0.2, -0.15) is 0 Å². The summed E-state index contributed by atoms with van der Waals surface area (Å²) in [4.78, 5) is 15.3. The number of nitrogens with zero attached hydrogens (tertiary/aromatic N) is 3. The normalized spacial score (nSPS) is 38.2. The van der Waals surface area contributed by atoms with E-state index < -0.39 is 54.3 Å². The summed E-state index contributed by atoms with van der Waals surface area (Å²) in [6.45, 7) is 10.5. The summed E-state index contributed by atoms with van der Waals surface area (Å²) in [6.07, 6.45) is -3.83. The Morgan fingerprint density at radius 2 is 1.62 bits per heavy atom. The van der Waals surface area contributed by atoms with E-state index in [2.05, 4.69) is 10.0 Å². The van der Waals surface area contributed by atoms with Gasteiger partial charge in [-0.25, -0.2) is 0 Å². The van der Waals surface area contributed by atoms with Crippen molar-refractivity contribution >= 4 is 5.97 Å². The summed E-state index contributed by atoms with van der Waals surface area (Å²) in [6, 6.07) is -1.24. The standard InChI is InChI=1S/C16H25N3O7/c1-7(2)21-13(20)8(18-19-17)9-10-11(24-15(3,4)23-10)12-14(22-9)26-16(5,6)25-12/h7-12,14H,1-6H3/t8-,9-,10+,11+,12-,14-/m1/s1. The molecule has 3 saturated heterocycles. The second-order valence-electron chi connectivity index (χ2n) is 7.77. The van der Waals surface area contributed by atoms with E-state index >= 15 is 0 Å². The summed E-state index contributed by atoms with van der Waals surface area (Å²) in [5.74, 6) is -2.48. The number of hydrogen-bond donors (Lipinski definition) is 0. The zero-order chi connectivity index (χ0) is 19.3. The smallest absolute Gasteiger partial charge is 0.317 e. The van der Waals surface area contributed by atoms with E-state index in [-0.39, 0.29) is 6.10 Å². The van der Waals surface area contributed by atoms with E-state index in [0.29, 0.717) is 0 Å². The van der Waals surface area contributed by atoms with Gasteiger partial charge in [0.2, 0.25) is 0 Å².